The number of nitrogens with one attached hydrogen (secondary N) is 1. The molecule has 2 nitrogen and oxygen atoms in total. The van der Waals surface area contributed by atoms with Crippen LogP contribution in [0, 0.1) is 29.1 Å². The van der Waals surface area contributed by atoms with Crippen molar-refractivity contribution < 1.29 is 4.79 Å². The zero-order valence-electron chi connectivity index (χ0n) is 14.4. The highest BCUT2D eigenvalue weighted by Gasteiger charge is 2.55. The SMILES string of the molecule is CC(C)CC12CC3CC(C1)C(NC(=O)c1ccccc1)C(C3)C2. The highest BCUT2D eigenvalue weighted by molar-refractivity contribution is 5.94. The van der Waals surface area contributed by atoms with E-state index in [4.69, 9.17) is 0 Å². The molecule has 4 fully saturated rings. The van der Waals surface area contributed by atoms with E-state index in [2.05, 4.69) is 19.2 Å². The predicted molar refractivity (Wildman–Crippen MR) is 93.1 cm³/mol. The van der Waals surface area contributed by atoms with Gasteiger partial charge < -0.3 is 5.32 Å². The van der Waals surface area contributed by atoms with E-state index >= 15 is 0 Å². The van der Waals surface area contributed by atoms with Gasteiger partial charge in [0, 0.05) is 11.6 Å². The van der Waals surface area contributed by atoms with Gasteiger partial charge in [0.1, 0.15) is 0 Å². The van der Waals surface area contributed by atoms with Crippen LogP contribution in [0.15, 0.2) is 30.3 Å². The van der Waals surface area contributed by atoms with Gasteiger partial charge in [0.25, 0.3) is 5.91 Å². The summed E-state index contributed by atoms with van der Waals surface area (Å²) in [5.41, 5.74) is 1.40. The molecule has 1 N–H and O–H groups in total. The third-order valence-corrected chi connectivity index (χ3v) is 6.57. The van der Waals surface area contributed by atoms with Crippen molar-refractivity contribution >= 4 is 5.91 Å². The summed E-state index contributed by atoms with van der Waals surface area (Å²) < 4.78 is 0. The minimum absolute atomic E-state index is 0.126. The first kappa shape index (κ1) is 15.2. The summed E-state index contributed by atoms with van der Waals surface area (Å²) in [6.45, 7) is 4.74. The summed E-state index contributed by atoms with van der Waals surface area (Å²) in [7, 11) is 0. The Hall–Kier alpha value is -1.31. The molecule has 0 aliphatic heterocycles. The molecule has 2 atom stereocenters. The Morgan fingerprint density at radius 1 is 1.13 bits per heavy atom. The fourth-order valence-corrected chi connectivity index (χ4v) is 6.37. The van der Waals surface area contributed by atoms with Crippen molar-refractivity contribution in [2.45, 2.75) is 58.4 Å². The summed E-state index contributed by atoms with van der Waals surface area (Å²) in [6.07, 6.45) is 8.22. The van der Waals surface area contributed by atoms with Gasteiger partial charge in [-0.1, -0.05) is 32.0 Å². The van der Waals surface area contributed by atoms with Gasteiger partial charge in [-0.3, -0.25) is 4.79 Å². The fourth-order valence-electron chi connectivity index (χ4n) is 6.37. The van der Waals surface area contributed by atoms with Crippen molar-refractivity contribution in [2.75, 3.05) is 0 Å². The van der Waals surface area contributed by atoms with Crippen molar-refractivity contribution in [3.63, 3.8) is 0 Å². The molecular weight excluding hydrogens is 282 g/mol. The minimum atomic E-state index is 0.126. The maximum atomic E-state index is 12.6. The molecule has 5 rings (SSSR count). The Kier molecular flexibility index (Phi) is 3.74. The number of rotatable bonds is 4. The maximum Gasteiger partial charge on any atom is 0.251 e. The highest BCUT2D eigenvalue weighted by Crippen LogP contribution is 2.62. The van der Waals surface area contributed by atoms with Gasteiger partial charge in [0.05, 0.1) is 0 Å². The van der Waals surface area contributed by atoms with Crippen molar-refractivity contribution in [3.8, 4) is 0 Å². The van der Waals surface area contributed by atoms with Crippen molar-refractivity contribution in [1.82, 2.24) is 5.32 Å². The molecule has 4 bridgehead atoms. The van der Waals surface area contributed by atoms with Crippen LogP contribution >= 0.6 is 0 Å². The normalized spacial score (nSPS) is 38.0. The van der Waals surface area contributed by atoms with Crippen LogP contribution in [0.3, 0.4) is 0 Å². The monoisotopic (exact) mass is 311 g/mol. The van der Waals surface area contributed by atoms with Crippen molar-refractivity contribution in [3.05, 3.63) is 35.9 Å². The van der Waals surface area contributed by atoms with Gasteiger partial charge >= 0.3 is 0 Å². The first-order valence-corrected chi connectivity index (χ1v) is 9.41. The predicted octanol–water partition coefficient (Wildman–Crippen LogP) is 4.66. The molecule has 23 heavy (non-hydrogen) atoms. The van der Waals surface area contributed by atoms with Crippen molar-refractivity contribution in [1.29, 1.82) is 0 Å². The van der Waals surface area contributed by atoms with Crippen LogP contribution in [-0.2, 0) is 0 Å². The standard InChI is InChI=1S/C21H29NO/c1-14(2)10-21-11-15-8-17(12-21)19(18(9-15)13-21)22-20(23)16-6-4-3-5-7-16/h3-7,14-15,17-19H,8-13H2,1-2H3,(H,22,23). The molecule has 124 valence electrons. The van der Waals surface area contributed by atoms with Gasteiger partial charge in [0.2, 0.25) is 0 Å². The van der Waals surface area contributed by atoms with Gasteiger partial charge in [-0.15, -0.1) is 0 Å². The van der Waals surface area contributed by atoms with E-state index in [1.165, 1.54) is 38.5 Å². The molecule has 2 heteroatoms. The number of hydrogen-bond acceptors (Lipinski definition) is 1. The Labute approximate surface area is 140 Å². The third kappa shape index (κ3) is 2.81. The Balaban J connectivity index is 1.49. The molecule has 2 unspecified atom stereocenters. The number of carbonyl (C=O) groups excluding carboxylic acids is 1. The summed E-state index contributed by atoms with van der Waals surface area (Å²) >= 11 is 0. The van der Waals surface area contributed by atoms with Crippen molar-refractivity contribution in [2.24, 2.45) is 29.1 Å². The second-order valence-corrected chi connectivity index (χ2v) is 8.93. The molecule has 1 aromatic carbocycles. The first-order chi connectivity index (χ1) is 11.0. The molecule has 4 aliphatic carbocycles. The Morgan fingerprint density at radius 2 is 1.78 bits per heavy atom. The van der Waals surface area contributed by atoms with Crippen LogP contribution < -0.4 is 5.32 Å². The number of hydrogen-bond donors (Lipinski definition) is 1. The van der Waals surface area contributed by atoms with E-state index in [0.717, 1.165) is 17.4 Å². The molecule has 0 saturated heterocycles. The molecule has 4 aliphatic rings. The lowest BCUT2D eigenvalue weighted by molar-refractivity contribution is -0.0831. The van der Waals surface area contributed by atoms with Gasteiger partial charge in [-0.2, -0.15) is 0 Å². The lowest BCUT2D eigenvalue weighted by atomic mass is 9.46. The number of carbonyl (C=O) groups is 1. The fraction of sp³-hybridized carbons (Fsp3) is 0.667. The summed E-state index contributed by atoms with van der Waals surface area (Å²) in [5.74, 6) is 3.28. The zero-order valence-corrected chi connectivity index (χ0v) is 14.4. The summed E-state index contributed by atoms with van der Waals surface area (Å²) in [5, 5.41) is 3.41. The van der Waals surface area contributed by atoms with Crippen LogP contribution in [0.2, 0.25) is 0 Å². The molecule has 4 saturated carbocycles. The van der Waals surface area contributed by atoms with E-state index in [-0.39, 0.29) is 5.91 Å². The Morgan fingerprint density at radius 3 is 2.39 bits per heavy atom. The van der Waals surface area contributed by atoms with E-state index in [1.807, 2.05) is 30.3 Å². The second-order valence-electron chi connectivity index (χ2n) is 8.93. The van der Waals surface area contributed by atoms with Crippen LogP contribution in [0.25, 0.3) is 0 Å². The number of benzene rings is 1. The quantitative estimate of drug-likeness (QED) is 0.861. The molecule has 0 aromatic heterocycles. The third-order valence-electron chi connectivity index (χ3n) is 6.57. The average Bonchev–Trinajstić information content (AvgIpc) is 2.49. The molecule has 1 amide bonds. The minimum Gasteiger partial charge on any atom is -0.349 e. The van der Waals surface area contributed by atoms with E-state index in [0.29, 0.717) is 23.3 Å². The van der Waals surface area contributed by atoms with Gasteiger partial charge in [0.15, 0.2) is 0 Å². The van der Waals surface area contributed by atoms with E-state index < -0.39 is 0 Å². The molecule has 0 heterocycles. The van der Waals surface area contributed by atoms with Crippen LogP contribution in [0.1, 0.15) is 62.7 Å². The number of amides is 1. The smallest absolute Gasteiger partial charge is 0.251 e. The highest BCUT2D eigenvalue weighted by atomic mass is 16.1. The molecular formula is C21H29NO. The van der Waals surface area contributed by atoms with Crippen LogP contribution in [0.5, 0.6) is 0 Å². The van der Waals surface area contributed by atoms with Crippen LogP contribution in [0.4, 0.5) is 0 Å². The average molecular weight is 311 g/mol. The lowest BCUT2D eigenvalue weighted by Gasteiger charge is -2.60. The van der Waals surface area contributed by atoms with Gasteiger partial charge in [-0.25, -0.2) is 0 Å². The summed E-state index contributed by atoms with van der Waals surface area (Å²) in [4.78, 5) is 12.6. The Bertz CT molecular complexity index is 559. The second kappa shape index (κ2) is 5.65. The van der Waals surface area contributed by atoms with Crippen LogP contribution in [-0.4, -0.2) is 11.9 Å². The zero-order chi connectivity index (χ0) is 16.0. The molecule has 1 aromatic rings. The molecule has 0 spiro atoms. The first-order valence-electron chi connectivity index (χ1n) is 9.41. The molecule has 0 radical (unpaired) electrons. The lowest BCUT2D eigenvalue weighted by Crippen LogP contribution is -2.59. The van der Waals surface area contributed by atoms with Gasteiger partial charge in [-0.05, 0) is 79.7 Å². The van der Waals surface area contributed by atoms with E-state index in [9.17, 15) is 4.79 Å². The van der Waals surface area contributed by atoms with E-state index in [1.54, 1.807) is 0 Å². The topological polar surface area (TPSA) is 29.1 Å². The summed E-state index contributed by atoms with van der Waals surface area (Å²) in [6, 6.07) is 10.1. The maximum absolute atomic E-state index is 12.6. The largest absolute Gasteiger partial charge is 0.349 e.